The highest BCUT2D eigenvalue weighted by Crippen LogP contribution is 2.25. The van der Waals surface area contributed by atoms with Gasteiger partial charge in [-0.05, 0) is 56.0 Å². The van der Waals surface area contributed by atoms with Crippen LogP contribution in [0.15, 0.2) is 48.1 Å². The number of unbranched alkanes of at least 4 members (excludes halogenated alkanes) is 11. The van der Waals surface area contributed by atoms with Crippen molar-refractivity contribution >= 4 is 17.2 Å². The molecule has 0 aliphatic heterocycles. The second-order valence-electron chi connectivity index (χ2n) is 11.3. The van der Waals surface area contributed by atoms with Crippen LogP contribution < -0.4 is 14.6 Å². The maximum absolute atomic E-state index is 12.9. The Hall–Kier alpha value is -2.66. The minimum atomic E-state index is -0.0454. The SMILES string of the molecule is CCCCCCCCCCCCCCOc1c(C)cc(CNC(=O)c2cccc(C[n+]3csc(C)c3)c2)cc1C. The predicted molar refractivity (Wildman–Crippen MR) is 168 cm³/mol. The average Bonchev–Trinajstić information content (AvgIpc) is 3.35. The molecule has 0 aliphatic rings. The lowest BCUT2D eigenvalue weighted by Gasteiger charge is -2.15. The van der Waals surface area contributed by atoms with Crippen molar-refractivity contribution in [2.24, 2.45) is 0 Å². The number of aromatic nitrogens is 1. The Morgan fingerprint density at radius 1 is 0.825 bits per heavy atom. The summed E-state index contributed by atoms with van der Waals surface area (Å²) in [5, 5.41) is 3.10. The van der Waals surface area contributed by atoms with E-state index in [-0.39, 0.29) is 5.91 Å². The van der Waals surface area contributed by atoms with E-state index in [1.54, 1.807) is 11.3 Å². The highest BCUT2D eigenvalue weighted by molar-refractivity contribution is 7.09. The van der Waals surface area contributed by atoms with Gasteiger partial charge >= 0.3 is 0 Å². The van der Waals surface area contributed by atoms with Gasteiger partial charge in [-0.25, -0.2) is 0 Å². The van der Waals surface area contributed by atoms with Crippen LogP contribution in [0.1, 0.15) is 121 Å². The largest absolute Gasteiger partial charge is 0.493 e. The number of thiazole rings is 1. The van der Waals surface area contributed by atoms with E-state index < -0.39 is 0 Å². The molecule has 3 rings (SSSR count). The Kier molecular flexibility index (Phi) is 14.3. The number of nitrogens with one attached hydrogen (secondary N) is 1. The van der Waals surface area contributed by atoms with Crippen LogP contribution in [0.2, 0.25) is 0 Å². The Morgan fingerprint density at radius 3 is 2.05 bits per heavy atom. The van der Waals surface area contributed by atoms with Gasteiger partial charge in [-0.2, -0.15) is 4.57 Å². The van der Waals surface area contributed by atoms with Gasteiger partial charge in [0.05, 0.1) is 11.5 Å². The van der Waals surface area contributed by atoms with Crippen LogP contribution >= 0.6 is 11.3 Å². The van der Waals surface area contributed by atoms with E-state index >= 15 is 0 Å². The zero-order valence-electron chi connectivity index (χ0n) is 25.4. The van der Waals surface area contributed by atoms with Gasteiger partial charge < -0.3 is 10.1 Å². The van der Waals surface area contributed by atoms with Crippen LogP contribution in [0.5, 0.6) is 5.75 Å². The maximum Gasteiger partial charge on any atom is 0.251 e. The smallest absolute Gasteiger partial charge is 0.251 e. The van der Waals surface area contributed by atoms with Crippen LogP contribution in [-0.2, 0) is 13.1 Å². The number of nitrogens with zero attached hydrogens (tertiary/aromatic N) is 1. The summed E-state index contributed by atoms with van der Waals surface area (Å²) in [5.74, 6) is 0.947. The van der Waals surface area contributed by atoms with Gasteiger partial charge in [-0.15, -0.1) is 0 Å². The summed E-state index contributed by atoms with van der Waals surface area (Å²) in [7, 11) is 0. The third-order valence-electron chi connectivity index (χ3n) is 7.49. The molecule has 0 saturated heterocycles. The Morgan fingerprint density at radius 2 is 1.45 bits per heavy atom. The predicted octanol–water partition coefficient (Wildman–Crippen LogP) is 9.02. The summed E-state index contributed by atoms with van der Waals surface area (Å²) in [5.41, 5.74) is 7.29. The van der Waals surface area contributed by atoms with Crippen molar-refractivity contribution in [2.45, 2.75) is 118 Å². The summed E-state index contributed by atoms with van der Waals surface area (Å²) in [6.45, 7) is 10.6. The average molecular weight is 564 g/mol. The van der Waals surface area contributed by atoms with Crippen LogP contribution in [0.25, 0.3) is 0 Å². The van der Waals surface area contributed by atoms with E-state index in [1.807, 2.05) is 18.2 Å². The first-order valence-corrected chi connectivity index (χ1v) is 16.4. The fourth-order valence-electron chi connectivity index (χ4n) is 5.32. The molecule has 0 spiro atoms. The quantitative estimate of drug-likeness (QED) is 0.117. The summed E-state index contributed by atoms with van der Waals surface area (Å²) in [6, 6.07) is 12.2. The highest BCUT2D eigenvalue weighted by Gasteiger charge is 2.11. The number of hydrogen-bond acceptors (Lipinski definition) is 3. The highest BCUT2D eigenvalue weighted by atomic mass is 32.1. The summed E-state index contributed by atoms with van der Waals surface area (Å²) in [6.07, 6.45) is 18.3. The van der Waals surface area contributed by atoms with Gasteiger partial charge in [0.1, 0.15) is 5.75 Å². The molecular weight excluding hydrogens is 512 g/mol. The molecule has 0 fully saturated rings. The molecule has 1 N–H and O–H groups in total. The van der Waals surface area contributed by atoms with Crippen molar-refractivity contribution in [3.63, 3.8) is 0 Å². The lowest BCUT2D eigenvalue weighted by molar-refractivity contribution is -0.683. The van der Waals surface area contributed by atoms with Crippen LogP contribution in [0.3, 0.4) is 0 Å². The molecule has 0 saturated carbocycles. The van der Waals surface area contributed by atoms with Gasteiger partial charge in [0, 0.05) is 17.7 Å². The van der Waals surface area contributed by atoms with Crippen molar-refractivity contribution in [3.8, 4) is 5.75 Å². The third kappa shape index (κ3) is 11.4. The number of carbonyl (C=O) groups excluding carboxylic acids is 1. The molecule has 4 nitrogen and oxygen atoms in total. The van der Waals surface area contributed by atoms with Crippen LogP contribution in [0.4, 0.5) is 0 Å². The van der Waals surface area contributed by atoms with E-state index in [1.165, 1.54) is 75.5 Å². The molecule has 0 aliphatic carbocycles. The van der Waals surface area contributed by atoms with E-state index in [9.17, 15) is 4.79 Å². The second kappa shape index (κ2) is 17.9. The monoisotopic (exact) mass is 563 g/mol. The van der Waals surface area contributed by atoms with Crippen molar-refractivity contribution in [3.05, 3.63) is 80.8 Å². The van der Waals surface area contributed by atoms with Gasteiger partial charge in [-0.3, -0.25) is 4.79 Å². The zero-order chi connectivity index (χ0) is 28.6. The Labute approximate surface area is 247 Å². The normalized spacial score (nSPS) is 11.1. The molecule has 40 heavy (non-hydrogen) atoms. The van der Waals surface area contributed by atoms with Crippen LogP contribution in [0, 0.1) is 20.8 Å². The van der Waals surface area contributed by atoms with Crippen molar-refractivity contribution in [2.75, 3.05) is 6.61 Å². The third-order valence-corrected chi connectivity index (χ3v) is 8.35. The zero-order valence-corrected chi connectivity index (χ0v) is 26.2. The lowest BCUT2D eigenvalue weighted by Crippen LogP contribution is -2.31. The summed E-state index contributed by atoms with van der Waals surface area (Å²) < 4.78 is 8.34. The maximum atomic E-state index is 12.9. The molecule has 3 aromatic rings. The fourth-order valence-corrected chi connectivity index (χ4v) is 5.95. The molecule has 0 unspecified atom stereocenters. The van der Waals surface area contributed by atoms with E-state index in [0.717, 1.165) is 47.6 Å². The molecule has 1 amide bonds. The number of amides is 1. The standard InChI is InChI=1S/C35H50N2O2S/c1-5-6-7-8-9-10-11-12-13-14-15-16-20-39-34-28(2)21-32(22-29(34)3)24-36-35(38)33-19-17-18-31(23-33)26-37-25-30(4)40-27-37/h17-19,21-23,25,27H,5-16,20,24,26H2,1-4H3/p+1. The number of ether oxygens (including phenoxy) is 1. The van der Waals surface area contributed by atoms with Crippen LogP contribution in [-0.4, -0.2) is 12.5 Å². The van der Waals surface area contributed by atoms with Gasteiger partial charge in [0.2, 0.25) is 5.51 Å². The van der Waals surface area contributed by atoms with Crippen molar-refractivity contribution < 1.29 is 14.1 Å². The number of hydrogen-bond donors (Lipinski definition) is 1. The number of benzene rings is 2. The minimum absolute atomic E-state index is 0.0454. The number of aryl methyl sites for hydroxylation is 3. The van der Waals surface area contributed by atoms with Crippen molar-refractivity contribution in [1.82, 2.24) is 5.32 Å². The number of rotatable bonds is 19. The summed E-state index contributed by atoms with van der Waals surface area (Å²) in [4.78, 5) is 14.2. The molecule has 0 bridgehead atoms. The van der Waals surface area contributed by atoms with Crippen molar-refractivity contribution in [1.29, 1.82) is 0 Å². The molecule has 1 heterocycles. The minimum Gasteiger partial charge on any atom is -0.493 e. The first kappa shape index (κ1) is 31.9. The number of carbonyl (C=O) groups is 1. The summed E-state index contributed by atoms with van der Waals surface area (Å²) >= 11 is 1.73. The van der Waals surface area contributed by atoms with Gasteiger partial charge in [0.15, 0.2) is 12.7 Å². The second-order valence-corrected chi connectivity index (χ2v) is 12.4. The molecule has 0 radical (unpaired) electrons. The first-order chi connectivity index (χ1) is 19.5. The Balaban J connectivity index is 1.34. The van der Waals surface area contributed by atoms with Gasteiger partial charge in [-0.1, -0.05) is 113 Å². The lowest BCUT2D eigenvalue weighted by atomic mass is 10.0. The Bertz CT molecular complexity index is 1150. The molecule has 5 heteroatoms. The van der Waals surface area contributed by atoms with E-state index in [0.29, 0.717) is 12.1 Å². The van der Waals surface area contributed by atoms with E-state index in [2.05, 4.69) is 67.5 Å². The molecular formula is C35H51N2O2S+. The first-order valence-electron chi connectivity index (χ1n) is 15.5. The fraction of sp³-hybridized carbons (Fsp3) is 0.543. The molecule has 2 aromatic carbocycles. The molecule has 0 atom stereocenters. The molecule has 1 aromatic heterocycles. The van der Waals surface area contributed by atoms with E-state index in [4.69, 9.17) is 4.74 Å². The molecule has 218 valence electrons. The van der Waals surface area contributed by atoms with Gasteiger partial charge in [0.25, 0.3) is 5.91 Å². The topological polar surface area (TPSA) is 42.2 Å².